The van der Waals surface area contributed by atoms with E-state index in [0.717, 1.165) is 5.56 Å². The summed E-state index contributed by atoms with van der Waals surface area (Å²) in [5.41, 5.74) is 1.57. The Hall–Kier alpha value is -2.24. The highest BCUT2D eigenvalue weighted by molar-refractivity contribution is 5.76. The minimum Gasteiger partial charge on any atom is -0.351 e. The smallest absolute Gasteiger partial charge is 0.220 e. The van der Waals surface area contributed by atoms with Crippen molar-refractivity contribution >= 4 is 5.91 Å². The van der Waals surface area contributed by atoms with Crippen LogP contribution in [0.1, 0.15) is 31.4 Å². The van der Waals surface area contributed by atoms with Crippen molar-refractivity contribution < 1.29 is 9.18 Å². The van der Waals surface area contributed by atoms with Crippen molar-refractivity contribution in [3.05, 3.63) is 47.5 Å². The number of aromatic nitrogens is 3. The number of aryl methyl sites for hydroxylation is 2. The summed E-state index contributed by atoms with van der Waals surface area (Å²) in [5, 5.41) is 11.2. The number of halogens is 1. The van der Waals surface area contributed by atoms with E-state index in [9.17, 15) is 9.18 Å². The number of nitrogens with one attached hydrogen (secondary N) is 1. The minimum atomic E-state index is -0.218. The van der Waals surface area contributed by atoms with Crippen LogP contribution in [-0.2, 0) is 17.8 Å². The van der Waals surface area contributed by atoms with Crippen molar-refractivity contribution in [1.29, 1.82) is 0 Å². The van der Waals surface area contributed by atoms with Crippen LogP contribution in [-0.4, -0.2) is 26.9 Å². The highest BCUT2D eigenvalue weighted by atomic mass is 19.1. The fourth-order valence-electron chi connectivity index (χ4n) is 2.34. The molecular formula is C17H23FN4O. The lowest BCUT2D eigenvalue weighted by Gasteiger charge is -2.21. The van der Waals surface area contributed by atoms with Gasteiger partial charge in [0.1, 0.15) is 5.82 Å². The van der Waals surface area contributed by atoms with Crippen LogP contribution in [0.4, 0.5) is 4.39 Å². The van der Waals surface area contributed by atoms with Crippen LogP contribution in [0.15, 0.2) is 30.6 Å². The van der Waals surface area contributed by atoms with Crippen LogP contribution in [0.2, 0.25) is 0 Å². The number of nitrogens with zero attached hydrogens (tertiary/aromatic N) is 3. The van der Waals surface area contributed by atoms with Gasteiger partial charge in [0.15, 0.2) is 0 Å². The van der Waals surface area contributed by atoms with Crippen molar-refractivity contribution in [3.8, 4) is 0 Å². The Morgan fingerprint density at radius 3 is 2.61 bits per heavy atom. The number of hydrogen-bond donors (Lipinski definition) is 1. The lowest BCUT2D eigenvalue weighted by molar-refractivity contribution is -0.122. The maximum Gasteiger partial charge on any atom is 0.220 e. The van der Waals surface area contributed by atoms with Crippen LogP contribution in [0.3, 0.4) is 0 Å². The Bertz CT molecular complexity index is 640. The van der Waals surface area contributed by atoms with Gasteiger partial charge in [0.2, 0.25) is 5.91 Å². The fraction of sp³-hybridized carbons (Fsp3) is 0.471. The summed E-state index contributed by atoms with van der Waals surface area (Å²) < 4.78 is 13.2. The van der Waals surface area contributed by atoms with Crippen molar-refractivity contribution in [1.82, 2.24) is 20.3 Å². The number of rotatable bonds is 7. The first-order valence-electron chi connectivity index (χ1n) is 7.84. The van der Waals surface area contributed by atoms with E-state index in [1.807, 2.05) is 0 Å². The zero-order valence-corrected chi connectivity index (χ0v) is 13.8. The Kier molecular flexibility index (Phi) is 5.84. The van der Waals surface area contributed by atoms with Gasteiger partial charge >= 0.3 is 0 Å². The predicted octanol–water partition coefficient (Wildman–Crippen LogP) is 2.50. The van der Waals surface area contributed by atoms with E-state index < -0.39 is 0 Å². The summed E-state index contributed by atoms with van der Waals surface area (Å²) in [7, 11) is 0. The molecule has 1 N–H and O–H groups in total. The predicted molar refractivity (Wildman–Crippen MR) is 86.2 cm³/mol. The molecule has 6 heteroatoms. The second kappa shape index (κ2) is 7.85. The van der Waals surface area contributed by atoms with Crippen LogP contribution in [0, 0.1) is 18.7 Å². The van der Waals surface area contributed by atoms with Crippen LogP contribution in [0.5, 0.6) is 0 Å². The van der Waals surface area contributed by atoms with Gasteiger partial charge in [-0.3, -0.25) is 4.79 Å². The van der Waals surface area contributed by atoms with Gasteiger partial charge in [0.05, 0.1) is 25.0 Å². The third-order valence-electron chi connectivity index (χ3n) is 3.84. The van der Waals surface area contributed by atoms with Gasteiger partial charge in [-0.05, 0) is 36.5 Å². The summed E-state index contributed by atoms with van der Waals surface area (Å²) in [6.45, 7) is 6.38. The van der Waals surface area contributed by atoms with E-state index in [1.54, 1.807) is 36.2 Å². The van der Waals surface area contributed by atoms with E-state index in [0.29, 0.717) is 24.9 Å². The van der Waals surface area contributed by atoms with Gasteiger partial charge in [0, 0.05) is 6.42 Å². The second-order valence-electron chi connectivity index (χ2n) is 6.09. The summed E-state index contributed by atoms with van der Waals surface area (Å²) in [5.74, 6) is 0.0423. The summed E-state index contributed by atoms with van der Waals surface area (Å²) in [6, 6.07) is 4.94. The summed E-state index contributed by atoms with van der Waals surface area (Å²) >= 11 is 0. The van der Waals surface area contributed by atoms with E-state index in [4.69, 9.17) is 0 Å². The standard InChI is InChI=1S/C17H23FN4O/c1-12(2)16(11-22-19-8-9-20-22)21-17(23)7-5-14-4-6-15(18)13(3)10-14/h4,6,8-10,12,16H,5,7,11H2,1-3H3,(H,21,23)/t16-/m1/s1. The molecule has 1 aromatic heterocycles. The number of carbonyl (C=O) groups is 1. The average Bonchev–Trinajstić information content (AvgIpc) is 3.01. The normalized spacial score (nSPS) is 12.4. The van der Waals surface area contributed by atoms with Crippen LogP contribution >= 0.6 is 0 Å². The molecule has 1 aromatic carbocycles. The van der Waals surface area contributed by atoms with Crippen molar-refractivity contribution in [2.45, 2.75) is 46.2 Å². The van der Waals surface area contributed by atoms with Crippen molar-refractivity contribution in [2.75, 3.05) is 0 Å². The first kappa shape index (κ1) is 17.1. The topological polar surface area (TPSA) is 59.8 Å². The molecule has 0 fully saturated rings. The fourth-order valence-corrected chi connectivity index (χ4v) is 2.34. The Labute approximate surface area is 135 Å². The third kappa shape index (κ3) is 5.16. The molecule has 0 radical (unpaired) electrons. The van der Waals surface area contributed by atoms with Gasteiger partial charge in [-0.25, -0.2) is 4.39 Å². The average molecular weight is 318 g/mol. The molecule has 5 nitrogen and oxygen atoms in total. The molecule has 0 bridgehead atoms. The Morgan fingerprint density at radius 2 is 2.00 bits per heavy atom. The lowest BCUT2D eigenvalue weighted by Crippen LogP contribution is -2.42. The monoisotopic (exact) mass is 318 g/mol. The van der Waals surface area contributed by atoms with Crippen LogP contribution in [0.25, 0.3) is 0 Å². The van der Waals surface area contributed by atoms with Gasteiger partial charge in [0.25, 0.3) is 0 Å². The molecule has 0 aliphatic carbocycles. The quantitative estimate of drug-likeness (QED) is 0.853. The zero-order chi connectivity index (χ0) is 16.8. The molecule has 1 heterocycles. The van der Waals surface area contributed by atoms with Crippen LogP contribution < -0.4 is 5.32 Å². The van der Waals surface area contributed by atoms with E-state index >= 15 is 0 Å². The zero-order valence-electron chi connectivity index (χ0n) is 13.8. The van der Waals surface area contributed by atoms with E-state index in [2.05, 4.69) is 29.4 Å². The second-order valence-corrected chi connectivity index (χ2v) is 6.09. The maximum atomic E-state index is 13.2. The summed E-state index contributed by atoms with van der Waals surface area (Å²) in [4.78, 5) is 13.8. The van der Waals surface area contributed by atoms with Crippen molar-refractivity contribution in [3.63, 3.8) is 0 Å². The van der Waals surface area contributed by atoms with Gasteiger partial charge in [-0.2, -0.15) is 15.0 Å². The largest absolute Gasteiger partial charge is 0.351 e. The van der Waals surface area contributed by atoms with Crippen molar-refractivity contribution in [2.24, 2.45) is 5.92 Å². The molecule has 0 aliphatic rings. The molecular weight excluding hydrogens is 295 g/mol. The first-order chi connectivity index (χ1) is 11.0. The first-order valence-corrected chi connectivity index (χ1v) is 7.84. The molecule has 0 aliphatic heterocycles. The number of hydrogen-bond acceptors (Lipinski definition) is 3. The third-order valence-corrected chi connectivity index (χ3v) is 3.84. The molecule has 0 spiro atoms. The van der Waals surface area contributed by atoms with E-state index in [-0.39, 0.29) is 23.7 Å². The molecule has 124 valence electrons. The van der Waals surface area contributed by atoms with Gasteiger partial charge < -0.3 is 5.32 Å². The Morgan fingerprint density at radius 1 is 1.30 bits per heavy atom. The number of amides is 1. The van der Waals surface area contributed by atoms with Gasteiger partial charge in [-0.1, -0.05) is 26.0 Å². The number of benzene rings is 1. The molecule has 1 amide bonds. The highest BCUT2D eigenvalue weighted by Gasteiger charge is 2.17. The van der Waals surface area contributed by atoms with Gasteiger partial charge in [-0.15, -0.1) is 0 Å². The molecule has 1 atom stereocenters. The molecule has 2 aromatic rings. The minimum absolute atomic E-state index is 0.0159. The maximum absolute atomic E-state index is 13.2. The lowest BCUT2D eigenvalue weighted by atomic mass is 10.0. The van der Waals surface area contributed by atoms with E-state index in [1.165, 1.54) is 6.07 Å². The molecule has 23 heavy (non-hydrogen) atoms. The molecule has 0 saturated carbocycles. The molecule has 2 rings (SSSR count). The molecule has 0 unspecified atom stereocenters. The highest BCUT2D eigenvalue weighted by Crippen LogP contribution is 2.11. The Balaban J connectivity index is 1.87. The summed E-state index contributed by atoms with van der Waals surface area (Å²) in [6.07, 6.45) is 4.21. The molecule has 0 saturated heterocycles. The number of carbonyl (C=O) groups excluding carboxylic acids is 1. The SMILES string of the molecule is Cc1cc(CCC(=O)N[C@H](Cn2nccn2)C(C)C)ccc1F.